The van der Waals surface area contributed by atoms with Gasteiger partial charge in [0.05, 0.1) is 17.8 Å². The molecule has 0 aromatic carbocycles. The Morgan fingerprint density at radius 3 is 2.83 bits per heavy atom. The molecule has 0 saturated carbocycles. The molecule has 3 aliphatic heterocycles. The molecule has 5 atom stereocenters. The smallest absolute Gasteiger partial charge is 0.121 e. The SMILES string of the molecule is C[C@]12C[C@H](O)[C@@H]3O[C@H](C1)[C@]3(C)O2. The van der Waals surface area contributed by atoms with E-state index in [9.17, 15) is 5.11 Å². The van der Waals surface area contributed by atoms with Gasteiger partial charge in [0.2, 0.25) is 0 Å². The summed E-state index contributed by atoms with van der Waals surface area (Å²) in [7, 11) is 0. The van der Waals surface area contributed by atoms with Crippen LogP contribution in [0.5, 0.6) is 0 Å². The van der Waals surface area contributed by atoms with Gasteiger partial charge in [0, 0.05) is 12.8 Å². The maximum atomic E-state index is 9.72. The van der Waals surface area contributed by atoms with Crippen LogP contribution in [-0.2, 0) is 9.47 Å². The minimum absolute atomic E-state index is 0.0712. The molecule has 3 nitrogen and oxygen atoms in total. The average Bonchev–Trinajstić information content (AvgIpc) is 2.11. The van der Waals surface area contributed by atoms with Crippen molar-refractivity contribution in [3.8, 4) is 0 Å². The molecule has 3 fully saturated rings. The zero-order valence-corrected chi connectivity index (χ0v) is 7.41. The van der Waals surface area contributed by atoms with Crippen molar-refractivity contribution >= 4 is 0 Å². The second kappa shape index (κ2) is 1.72. The molecule has 0 spiro atoms. The maximum Gasteiger partial charge on any atom is 0.121 e. The first-order valence-corrected chi connectivity index (χ1v) is 4.57. The quantitative estimate of drug-likeness (QED) is 0.574. The van der Waals surface area contributed by atoms with E-state index in [4.69, 9.17) is 9.47 Å². The molecule has 0 radical (unpaired) electrons. The first kappa shape index (κ1) is 7.30. The van der Waals surface area contributed by atoms with Crippen LogP contribution < -0.4 is 0 Å². The number of rotatable bonds is 0. The molecule has 0 aliphatic carbocycles. The van der Waals surface area contributed by atoms with Crippen molar-refractivity contribution < 1.29 is 14.6 Å². The summed E-state index contributed by atoms with van der Waals surface area (Å²) in [5.74, 6) is 0. The Hall–Kier alpha value is -0.120. The number of ether oxygens (including phenoxy) is 2. The summed E-state index contributed by atoms with van der Waals surface area (Å²) in [6.07, 6.45) is 1.50. The van der Waals surface area contributed by atoms with E-state index in [1.165, 1.54) is 0 Å². The highest BCUT2D eigenvalue weighted by Gasteiger charge is 2.69. The fourth-order valence-electron chi connectivity index (χ4n) is 3.04. The monoisotopic (exact) mass is 170 g/mol. The Morgan fingerprint density at radius 2 is 2.08 bits per heavy atom. The topological polar surface area (TPSA) is 38.7 Å². The van der Waals surface area contributed by atoms with E-state index in [2.05, 4.69) is 13.8 Å². The van der Waals surface area contributed by atoms with Crippen LogP contribution in [0.3, 0.4) is 0 Å². The molecule has 0 amide bonds. The van der Waals surface area contributed by atoms with Crippen molar-refractivity contribution in [1.82, 2.24) is 0 Å². The summed E-state index contributed by atoms with van der Waals surface area (Å²) < 4.78 is 11.5. The van der Waals surface area contributed by atoms with Crippen LogP contribution in [0.15, 0.2) is 0 Å². The van der Waals surface area contributed by atoms with Crippen LogP contribution in [0.1, 0.15) is 26.7 Å². The maximum absolute atomic E-state index is 9.72. The van der Waals surface area contributed by atoms with Gasteiger partial charge in [-0.2, -0.15) is 0 Å². The van der Waals surface area contributed by atoms with Crippen LogP contribution in [0.25, 0.3) is 0 Å². The molecule has 12 heavy (non-hydrogen) atoms. The van der Waals surface area contributed by atoms with E-state index in [1.54, 1.807) is 0 Å². The van der Waals surface area contributed by atoms with Crippen molar-refractivity contribution in [3.05, 3.63) is 0 Å². The summed E-state index contributed by atoms with van der Waals surface area (Å²) in [6.45, 7) is 4.12. The van der Waals surface area contributed by atoms with Gasteiger partial charge >= 0.3 is 0 Å². The molecular weight excluding hydrogens is 156 g/mol. The highest BCUT2D eigenvalue weighted by Crippen LogP contribution is 2.56. The molecule has 3 heterocycles. The lowest BCUT2D eigenvalue weighted by molar-refractivity contribution is -0.323. The number of fused-ring (bicyclic) bond motifs is 1. The molecule has 2 bridgehead atoms. The second-order valence-corrected chi connectivity index (χ2v) is 4.76. The molecule has 0 aromatic heterocycles. The van der Waals surface area contributed by atoms with Gasteiger partial charge in [-0.1, -0.05) is 0 Å². The number of aliphatic hydroxyl groups is 1. The van der Waals surface area contributed by atoms with E-state index >= 15 is 0 Å². The van der Waals surface area contributed by atoms with Crippen molar-refractivity contribution in [3.63, 3.8) is 0 Å². The largest absolute Gasteiger partial charge is 0.390 e. The van der Waals surface area contributed by atoms with Crippen LogP contribution >= 0.6 is 0 Å². The van der Waals surface area contributed by atoms with Gasteiger partial charge in [0.1, 0.15) is 11.7 Å². The Bertz CT molecular complexity index is 238. The van der Waals surface area contributed by atoms with Crippen LogP contribution in [0.2, 0.25) is 0 Å². The Balaban J connectivity index is 2.03. The summed E-state index contributed by atoms with van der Waals surface area (Å²) >= 11 is 0. The molecule has 1 N–H and O–H groups in total. The van der Waals surface area contributed by atoms with Crippen LogP contribution in [-0.4, -0.2) is 34.6 Å². The highest BCUT2D eigenvalue weighted by atomic mass is 16.7. The van der Waals surface area contributed by atoms with E-state index in [-0.39, 0.29) is 29.5 Å². The molecule has 3 aliphatic rings. The zero-order chi connectivity index (χ0) is 8.56. The van der Waals surface area contributed by atoms with Crippen molar-refractivity contribution in [2.45, 2.75) is 56.2 Å². The number of hydrogen-bond acceptors (Lipinski definition) is 3. The summed E-state index contributed by atoms with van der Waals surface area (Å²) in [4.78, 5) is 0. The van der Waals surface area contributed by atoms with Crippen molar-refractivity contribution in [2.75, 3.05) is 0 Å². The third-order valence-electron chi connectivity index (χ3n) is 3.59. The van der Waals surface area contributed by atoms with Gasteiger partial charge in [-0.15, -0.1) is 0 Å². The fraction of sp³-hybridized carbons (Fsp3) is 1.00. The highest BCUT2D eigenvalue weighted by molar-refractivity contribution is 5.17. The molecule has 0 aromatic rings. The molecule has 3 heteroatoms. The first-order valence-electron chi connectivity index (χ1n) is 4.57. The predicted molar refractivity (Wildman–Crippen MR) is 41.8 cm³/mol. The average molecular weight is 170 g/mol. The van der Waals surface area contributed by atoms with Gasteiger partial charge in [-0.05, 0) is 13.8 Å². The lowest BCUT2D eigenvalue weighted by atomic mass is 9.83. The van der Waals surface area contributed by atoms with E-state index in [1.807, 2.05) is 0 Å². The van der Waals surface area contributed by atoms with Crippen LogP contribution in [0, 0.1) is 0 Å². The van der Waals surface area contributed by atoms with Gasteiger partial charge < -0.3 is 14.6 Å². The lowest BCUT2D eigenvalue weighted by Crippen LogP contribution is -2.67. The number of aliphatic hydroxyl groups excluding tert-OH is 1. The molecule has 0 unspecified atom stereocenters. The van der Waals surface area contributed by atoms with Gasteiger partial charge in [0.25, 0.3) is 0 Å². The Morgan fingerprint density at radius 1 is 1.33 bits per heavy atom. The third kappa shape index (κ3) is 0.605. The van der Waals surface area contributed by atoms with Gasteiger partial charge in [-0.25, -0.2) is 0 Å². The molecular formula is C9H14O3. The summed E-state index contributed by atoms with van der Waals surface area (Å²) in [6, 6.07) is 0. The Kier molecular flexibility index (Phi) is 1.04. The summed E-state index contributed by atoms with van der Waals surface area (Å²) in [5.41, 5.74) is -0.321. The fourth-order valence-corrected chi connectivity index (χ4v) is 3.04. The molecule has 3 saturated heterocycles. The first-order chi connectivity index (χ1) is 5.54. The van der Waals surface area contributed by atoms with E-state index in [0.717, 1.165) is 12.8 Å². The zero-order valence-electron chi connectivity index (χ0n) is 7.41. The van der Waals surface area contributed by atoms with Gasteiger partial charge in [-0.3, -0.25) is 0 Å². The third-order valence-corrected chi connectivity index (χ3v) is 3.59. The minimum Gasteiger partial charge on any atom is -0.390 e. The van der Waals surface area contributed by atoms with E-state index in [0.29, 0.717) is 0 Å². The van der Waals surface area contributed by atoms with Gasteiger partial charge in [0.15, 0.2) is 0 Å². The second-order valence-electron chi connectivity index (χ2n) is 4.76. The molecule has 68 valence electrons. The number of hydrogen-bond donors (Lipinski definition) is 1. The lowest BCUT2D eigenvalue weighted by Gasteiger charge is -2.53. The Labute approximate surface area is 71.7 Å². The van der Waals surface area contributed by atoms with Crippen molar-refractivity contribution in [2.24, 2.45) is 0 Å². The minimum atomic E-state index is -0.326. The van der Waals surface area contributed by atoms with Crippen LogP contribution in [0.4, 0.5) is 0 Å². The van der Waals surface area contributed by atoms with Crippen molar-refractivity contribution in [1.29, 1.82) is 0 Å². The van der Waals surface area contributed by atoms with E-state index < -0.39 is 0 Å². The summed E-state index contributed by atoms with van der Waals surface area (Å²) in [5, 5.41) is 9.72. The normalized spacial score (nSPS) is 67.8. The molecule has 3 rings (SSSR count). The predicted octanol–water partition coefficient (Wildman–Crippen LogP) is 0.456. The standard InChI is InChI=1S/C9H14O3/c1-8-3-5(10)7-9(2,12-8)6(4-8)11-7/h5-7,10H,3-4H2,1-2H3/t5-,6+,7-,8-,9-/m0/s1.